The smallest absolute Gasteiger partial charge is 0.137 e. The van der Waals surface area contributed by atoms with Gasteiger partial charge in [0.25, 0.3) is 0 Å². The molecule has 1 aromatic rings. The number of ether oxygens (including phenoxy) is 1. The molecule has 1 saturated heterocycles. The van der Waals surface area contributed by atoms with E-state index in [0.717, 1.165) is 5.75 Å². The lowest BCUT2D eigenvalue weighted by molar-refractivity contribution is 0.175. The zero-order valence-electron chi connectivity index (χ0n) is 9.70. The van der Waals surface area contributed by atoms with Crippen LogP contribution in [0.4, 0.5) is 0 Å². The molecular weight excluding hydrogens is 200 g/mol. The molecule has 2 heterocycles. The van der Waals surface area contributed by atoms with E-state index in [1.165, 1.54) is 37.9 Å². The second-order valence-corrected chi connectivity index (χ2v) is 5.20. The Hall–Kier alpha value is -1.09. The van der Waals surface area contributed by atoms with Crippen LogP contribution in [0.15, 0.2) is 18.5 Å². The van der Waals surface area contributed by atoms with Crippen LogP contribution in [0, 0.1) is 5.41 Å². The molecule has 1 spiro atoms. The van der Waals surface area contributed by atoms with E-state index < -0.39 is 0 Å². The summed E-state index contributed by atoms with van der Waals surface area (Å²) in [5, 5.41) is 3.40. The fourth-order valence-electron chi connectivity index (χ4n) is 3.06. The lowest BCUT2D eigenvalue weighted by Crippen LogP contribution is -2.51. The second-order valence-electron chi connectivity index (χ2n) is 5.20. The van der Waals surface area contributed by atoms with Gasteiger partial charge in [-0.1, -0.05) is 0 Å². The van der Waals surface area contributed by atoms with Gasteiger partial charge in [-0.3, -0.25) is 4.98 Å². The maximum atomic E-state index is 5.23. The average Bonchev–Trinajstić information content (AvgIpc) is 2.74. The molecule has 16 heavy (non-hydrogen) atoms. The van der Waals surface area contributed by atoms with Crippen LogP contribution in [0.2, 0.25) is 0 Å². The Morgan fingerprint density at radius 3 is 2.94 bits per heavy atom. The highest BCUT2D eigenvalue weighted by molar-refractivity contribution is 5.27. The molecule has 3 nitrogen and oxygen atoms in total. The maximum absolute atomic E-state index is 5.23. The topological polar surface area (TPSA) is 34.1 Å². The summed E-state index contributed by atoms with van der Waals surface area (Å²) in [4.78, 5) is 4.25. The summed E-state index contributed by atoms with van der Waals surface area (Å²) in [5.41, 5.74) is 1.96. The Labute approximate surface area is 96.2 Å². The number of hydrogen-bond acceptors (Lipinski definition) is 3. The third-order valence-corrected chi connectivity index (χ3v) is 4.14. The van der Waals surface area contributed by atoms with Crippen molar-refractivity contribution in [3.63, 3.8) is 0 Å². The first-order valence-electron chi connectivity index (χ1n) is 6.01. The van der Waals surface area contributed by atoms with E-state index in [4.69, 9.17) is 4.74 Å². The quantitative estimate of drug-likeness (QED) is 0.823. The van der Waals surface area contributed by atoms with Crippen molar-refractivity contribution < 1.29 is 4.74 Å². The van der Waals surface area contributed by atoms with Gasteiger partial charge in [-0.15, -0.1) is 0 Å². The molecular formula is C13H18N2O. The van der Waals surface area contributed by atoms with Gasteiger partial charge in [-0.05, 0) is 42.2 Å². The summed E-state index contributed by atoms with van der Waals surface area (Å²) < 4.78 is 5.23. The van der Waals surface area contributed by atoms with Crippen molar-refractivity contribution in [2.24, 2.45) is 5.41 Å². The van der Waals surface area contributed by atoms with Crippen molar-refractivity contribution in [1.82, 2.24) is 10.3 Å². The summed E-state index contributed by atoms with van der Waals surface area (Å²) in [5.74, 6) is 1.56. The zero-order valence-corrected chi connectivity index (χ0v) is 9.70. The predicted molar refractivity (Wildman–Crippen MR) is 62.7 cm³/mol. The summed E-state index contributed by atoms with van der Waals surface area (Å²) >= 11 is 0. The largest absolute Gasteiger partial charge is 0.495 e. The van der Waals surface area contributed by atoms with E-state index in [1.807, 2.05) is 6.20 Å². The molecule has 2 aliphatic rings. The first-order valence-corrected chi connectivity index (χ1v) is 6.01. The van der Waals surface area contributed by atoms with E-state index in [0.29, 0.717) is 11.3 Å². The molecule has 3 rings (SSSR count). The van der Waals surface area contributed by atoms with Gasteiger partial charge in [0, 0.05) is 19.3 Å². The van der Waals surface area contributed by atoms with Crippen LogP contribution >= 0.6 is 0 Å². The highest BCUT2D eigenvalue weighted by atomic mass is 16.5. The lowest BCUT2D eigenvalue weighted by Gasteiger charge is -2.39. The Bertz CT molecular complexity index is 387. The van der Waals surface area contributed by atoms with Crippen LogP contribution in [0.5, 0.6) is 5.75 Å². The number of methoxy groups -OCH3 is 1. The van der Waals surface area contributed by atoms with E-state index >= 15 is 0 Å². The van der Waals surface area contributed by atoms with Crippen molar-refractivity contribution in [3.05, 3.63) is 24.0 Å². The molecule has 1 aromatic heterocycles. The molecule has 1 aliphatic carbocycles. The van der Waals surface area contributed by atoms with E-state index in [1.54, 1.807) is 13.3 Å². The van der Waals surface area contributed by atoms with Crippen molar-refractivity contribution in [1.29, 1.82) is 0 Å². The molecule has 1 unspecified atom stereocenters. The molecule has 1 N–H and O–H groups in total. The molecule has 0 bridgehead atoms. The van der Waals surface area contributed by atoms with Crippen LogP contribution in [0.25, 0.3) is 0 Å². The van der Waals surface area contributed by atoms with Crippen molar-refractivity contribution in [3.8, 4) is 5.75 Å². The van der Waals surface area contributed by atoms with Crippen LogP contribution in [-0.4, -0.2) is 25.2 Å². The van der Waals surface area contributed by atoms with E-state index in [-0.39, 0.29) is 0 Å². The molecule has 1 atom stereocenters. The molecule has 1 saturated carbocycles. The SMILES string of the molecule is COc1cncc(C2CCC3(CNC3)C2)c1. The van der Waals surface area contributed by atoms with Gasteiger partial charge in [-0.25, -0.2) is 0 Å². The Morgan fingerprint density at radius 1 is 1.44 bits per heavy atom. The van der Waals surface area contributed by atoms with E-state index in [2.05, 4.69) is 16.4 Å². The minimum atomic E-state index is 0.605. The summed E-state index contributed by atoms with van der Waals surface area (Å²) in [6.45, 7) is 2.42. The number of rotatable bonds is 2. The van der Waals surface area contributed by atoms with Crippen molar-refractivity contribution in [2.45, 2.75) is 25.2 Å². The molecule has 1 aliphatic heterocycles. The van der Waals surface area contributed by atoms with Crippen molar-refractivity contribution >= 4 is 0 Å². The van der Waals surface area contributed by atoms with Crippen LogP contribution in [0.3, 0.4) is 0 Å². The summed E-state index contributed by atoms with van der Waals surface area (Å²) in [7, 11) is 1.70. The molecule has 0 amide bonds. The predicted octanol–water partition coefficient (Wildman–Crippen LogP) is 1.95. The van der Waals surface area contributed by atoms with Crippen LogP contribution < -0.4 is 10.1 Å². The fourth-order valence-corrected chi connectivity index (χ4v) is 3.06. The average molecular weight is 218 g/mol. The minimum Gasteiger partial charge on any atom is -0.495 e. The van der Waals surface area contributed by atoms with Crippen LogP contribution in [-0.2, 0) is 0 Å². The number of nitrogens with one attached hydrogen (secondary N) is 1. The number of pyridine rings is 1. The number of nitrogens with zero attached hydrogens (tertiary/aromatic N) is 1. The highest BCUT2D eigenvalue weighted by Crippen LogP contribution is 2.48. The highest BCUT2D eigenvalue weighted by Gasteiger charge is 2.43. The van der Waals surface area contributed by atoms with Gasteiger partial charge in [0.05, 0.1) is 13.3 Å². The standard InChI is InChI=1S/C13H18N2O/c1-16-12-4-11(6-14-7-12)10-2-3-13(5-10)8-15-9-13/h4,6-7,10,15H,2-3,5,8-9H2,1H3. The number of hydrogen-bond donors (Lipinski definition) is 1. The van der Waals surface area contributed by atoms with Gasteiger partial charge < -0.3 is 10.1 Å². The lowest BCUT2D eigenvalue weighted by atomic mass is 9.79. The molecule has 2 fully saturated rings. The van der Waals surface area contributed by atoms with E-state index in [9.17, 15) is 0 Å². The van der Waals surface area contributed by atoms with Crippen molar-refractivity contribution in [2.75, 3.05) is 20.2 Å². The number of aromatic nitrogens is 1. The summed E-state index contributed by atoms with van der Waals surface area (Å²) in [6.07, 6.45) is 7.75. The molecule has 86 valence electrons. The monoisotopic (exact) mass is 218 g/mol. The Kier molecular flexibility index (Phi) is 2.36. The third-order valence-electron chi connectivity index (χ3n) is 4.14. The van der Waals surface area contributed by atoms with Gasteiger partial charge in [0.15, 0.2) is 0 Å². The first-order chi connectivity index (χ1) is 7.81. The normalized spacial score (nSPS) is 26.7. The van der Waals surface area contributed by atoms with Gasteiger partial charge >= 0.3 is 0 Å². The van der Waals surface area contributed by atoms with Crippen LogP contribution in [0.1, 0.15) is 30.7 Å². The Balaban J connectivity index is 1.77. The van der Waals surface area contributed by atoms with Gasteiger partial charge in [0.1, 0.15) is 5.75 Å². The first kappa shape index (κ1) is 10.1. The molecule has 3 heteroatoms. The second kappa shape index (κ2) is 3.74. The molecule has 0 radical (unpaired) electrons. The minimum absolute atomic E-state index is 0.605. The summed E-state index contributed by atoms with van der Waals surface area (Å²) in [6, 6.07) is 2.14. The Morgan fingerprint density at radius 2 is 2.31 bits per heavy atom. The zero-order chi connectivity index (χ0) is 11.0. The fraction of sp³-hybridized carbons (Fsp3) is 0.615. The van der Waals surface area contributed by atoms with Gasteiger partial charge in [0.2, 0.25) is 0 Å². The third kappa shape index (κ3) is 1.59. The maximum Gasteiger partial charge on any atom is 0.137 e. The van der Waals surface area contributed by atoms with Gasteiger partial charge in [-0.2, -0.15) is 0 Å². The molecule has 0 aromatic carbocycles.